The third kappa shape index (κ3) is 5.28. The van der Waals surface area contributed by atoms with Gasteiger partial charge in [0.1, 0.15) is 17.2 Å². The van der Waals surface area contributed by atoms with E-state index in [4.69, 9.17) is 9.47 Å². The van der Waals surface area contributed by atoms with E-state index < -0.39 is 17.6 Å². The average Bonchev–Trinajstić information content (AvgIpc) is 2.58. The zero-order valence-corrected chi connectivity index (χ0v) is 14.0. The van der Waals surface area contributed by atoms with Gasteiger partial charge in [0.15, 0.2) is 0 Å². The van der Waals surface area contributed by atoms with Gasteiger partial charge in [-0.1, -0.05) is 6.07 Å². The van der Waals surface area contributed by atoms with Gasteiger partial charge in [-0.05, 0) is 18.2 Å². The fraction of sp³-hybridized carbons (Fsp3) is 0.250. The molecule has 0 fully saturated rings. The average molecular weight is 372 g/mol. The van der Waals surface area contributed by atoms with Crippen LogP contribution in [0.4, 0.5) is 13.2 Å². The van der Waals surface area contributed by atoms with E-state index in [9.17, 15) is 18.0 Å². The van der Waals surface area contributed by atoms with Crippen molar-refractivity contribution in [1.29, 1.82) is 0 Å². The van der Waals surface area contributed by atoms with Crippen LogP contribution in [0, 0.1) is 0 Å². The molecule has 2 aromatic rings. The summed E-state index contributed by atoms with van der Waals surface area (Å²) in [5.74, 6) is 0.144. The Morgan fingerprint density at radius 1 is 1.24 bits per heavy atom. The number of alkyl halides is 3. The highest BCUT2D eigenvalue weighted by molar-refractivity contribution is 7.80. The number of aromatic nitrogens is 1. The largest absolute Gasteiger partial charge is 0.496 e. The zero-order valence-electron chi connectivity index (χ0n) is 13.1. The van der Waals surface area contributed by atoms with Gasteiger partial charge in [-0.25, -0.2) is 4.98 Å². The number of carbonyl (C=O) groups is 1. The molecule has 0 aliphatic rings. The molecule has 9 heteroatoms. The summed E-state index contributed by atoms with van der Waals surface area (Å²) in [6.45, 7) is 0.338. The van der Waals surface area contributed by atoms with Crippen molar-refractivity contribution >= 4 is 18.5 Å². The predicted octanol–water partition coefficient (Wildman–Crippen LogP) is 3.56. The van der Waals surface area contributed by atoms with Gasteiger partial charge in [-0.2, -0.15) is 25.8 Å². The molecule has 0 aliphatic carbocycles. The summed E-state index contributed by atoms with van der Waals surface area (Å²) in [7, 11) is 1.39. The molecule has 0 saturated carbocycles. The standard InChI is InChI=1S/C16H15F3N2O3S/c1-23-12-8-13(15(22)20-5-6-25)21-14(9-12)24-11-4-2-3-10(7-11)16(17,18)19/h2-4,7-9,25H,5-6H2,1H3,(H,20,22). The van der Waals surface area contributed by atoms with Crippen LogP contribution in [0.5, 0.6) is 17.4 Å². The van der Waals surface area contributed by atoms with E-state index in [0.29, 0.717) is 12.3 Å². The third-order valence-corrected chi connectivity index (χ3v) is 3.25. The Morgan fingerprint density at radius 3 is 2.64 bits per heavy atom. The quantitative estimate of drug-likeness (QED) is 0.762. The number of nitrogens with zero attached hydrogens (tertiary/aromatic N) is 1. The number of halogens is 3. The Morgan fingerprint density at radius 2 is 2.00 bits per heavy atom. The summed E-state index contributed by atoms with van der Waals surface area (Å²) in [5.41, 5.74) is -0.831. The second kappa shape index (κ2) is 8.11. The first-order valence-corrected chi connectivity index (χ1v) is 7.77. The molecule has 0 aliphatic heterocycles. The molecule has 1 heterocycles. The summed E-state index contributed by atoms with van der Waals surface area (Å²) in [5, 5.41) is 2.58. The van der Waals surface area contributed by atoms with Gasteiger partial charge in [0.25, 0.3) is 5.91 Å². The Kier molecular flexibility index (Phi) is 6.13. The number of pyridine rings is 1. The van der Waals surface area contributed by atoms with Gasteiger partial charge in [0.05, 0.1) is 12.7 Å². The van der Waals surface area contributed by atoms with Crippen LogP contribution < -0.4 is 14.8 Å². The number of thiol groups is 1. The van der Waals surface area contributed by atoms with E-state index in [1.54, 1.807) is 0 Å². The minimum Gasteiger partial charge on any atom is -0.496 e. The first-order valence-electron chi connectivity index (χ1n) is 7.13. The monoisotopic (exact) mass is 372 g/mol. The molecule has 1 aromatic heterocycles. The van der Waals surface area contributed by atoms with Crippen LogP contribution >= 0.6 is 12.6 Å². The number of methoxy groups -OCH3 is 1. The highest BCUT2D eigenvalue weighted by atomic mass is 32.1. The number of benzene rings is 1. The van der Waals surface area contributed by atoms with Crippen molar-refractivity contribution in [2.75, 3.05) is 19.4 Å². The van der Waals surface area contributed by atoms with Gasteiger partial charge in [0.2, 0.25) is 5.88 Å². The molecule has 1 N–H and O–H groups in total. The summed E-state index contributed by atoms with van der Waals surface area (Å²) in [6, 6.07) is 7.13. The molecule has 1 aromatic carbocycles. The van der Waals surface area contributed by atoms with E-state index in [2.05, 4.69) is 22.9 Å². The molecule has 0 saturated heterocycles. The second-order valence-corrected chi connectivity index (χ2v) is 5.28. The lowest BCUT2D eigenvalue weighted by Gasteiger charge is -2.11. The van der Waals surface area contributed by atoms with E-state index in [1.165, 1.54) is 31.4 Å². The van der Waals surface area contributed by atoms with Crippen LogP contribution in [0.15, 0.2) is 36.4 Å². The molecule has 0 unspecified atom stereocenters. The van der Waals surface area contributed by atoms with Gasteiger partial charge < -0.3 is 14.8 Å². The Labute approximate surface area is 147 Å². The van der Waals surface area contributed by atoms with Crippen molar-refractivity contribution in [3.63, 3.8) is 0 Å². The molecule has 2 rings (SSSR count). The lowest BCUT2D eigenvalue weighted by Crippen LogP contribution is -2.26. The number of amides is 1. The van der Waals surface area contributed by atoms with Crippen molar-refractivity contribution < 1.29 is 27.4 Å². The lowest BCUT2D eigenvalue weighted by molar-refractivity contribution is -0.137. The van der Waals surface area contributed by atoms with E-state index >= 15 is 0 Å². The summed E-state index contributed by atoms with van der Waals surface area (Å²) in [6.07, 6.45) is -4.49. The van der Waals surface area contributed by atoms with Crippen molar-refractivity contribution in [2.24, 2.45) is 0 Å². The Hall–Kier alpha value is -2.42. The minimum atomic E-state index is -4.49. The molecule has 0 radical (unpaired) electrons. The Balaban J connectivity index is 2.28. The van der Waals surface area contributed by atoms with Gasteiger partial charge in [-0.15, -0.1) is 0 Å². The highest BCUT2D eigenvalue weighted by Gasteiger charge is 2.30. The number of hydrogen-bond donors (Lipinski definition) is 2. The number of hydrogen-bond acceptors (Lipinski definition) is 5. The van der Waals surface area contributed by atoms with Crippen LogP contribution in [0.25, 0.3) is 0 Å². The molecular weight excluding hydrogens is 357 g/mol. The maximum atomic E-state index is 12.8. The molecule has 25 heavy (non-hydrogen) atoms. The van der Waals surface area contributed by atoms with Crippen LogP contribution in [0.3, 0.4) is 0 Å². The van der Waals surface area contributed by atoms with Crippen molar-refractivity contribution in [3.05, 3.63) is 47.7 Å². The van der Waals surface area contributed by atoms with Crippen LogP contribution in [-0.4, -0.2) is 30.3 Å². The third-order valence-electron chi connectivity index (χ3n) is 3.02. The van der Waals surface area contributed by atoms with Gasteiger partial charge >= 0.3 is 6.18 Å². The molecule has 1 amide bonds. The second-order valence-electron chi connectivity index (χ2n) is 4.84. The van der Waals surface area contributed by atoms with Gasteiger partial charge in [0, 0.05) is 24.4 Å². The van der Waals surface area contributed by atoms with Crippen molar-refractivity contribution in [2.45, 2.75) is 6.18 Å². The topological polar surface area (TPSA) is 60.5 Å². The van der Waals surface area contributed by atoms with Crippen LogP contribution in [0.2, 0.25) is 0 Å². The zero-order chi connectivity index (χ0) is 18.4. The number of rotatable bonds is 6. The van der Waals surface area contributed by atoms with E-state index in [0.717, 1.165) is 12.1 Å². The molecule has 0 bridgehead atoms. The van der Waals surface area contributed by atoms with E-state index in [1.807, 2.05) is 0 Å². The normalized spacial score (nSPS) is 11.1. The Bertz CT molecular complexity index is 754. The maximum Gasteiger partial charge on any atom is 0.416 e. The van der Waals surface area contributed by atoms with Crippen LogP contribution in [-0.2, 0) is 6.18 Å². The molecular formula is C16H15F3N2O3S. The molecule has 5 nitrogen and oxygen atoms in total. The minimum absolute atomic E-state index is 0.0168. The summed E-state index contributed by atoms with van der Waals surface area (Å²) >= 11 is 3.99. The lowest BCUT2D eigenvalue weighted by atomic mass is 10.2. The predicted molar refractivity (Wildman–Crippen MR) is 88.5 cm³/mol. The highest BCUT2D eigenvalue weighted by Crippen LogP contribution is 2.33. The van der Waals surface area contributed by atoms with E-state index in [-0.39, 0.29) is 23.1 Å². The number of carbonyl (C=O) groups excluding carboxylic acids is 1. The summed E-state index contributed by atoms with van der Waals surface area (Å²) < 4.78 is 48.7. The SMILES string of the molecule is COc1cc(Oc2cccc(C(F)(F)F)c2)nc(C(=O)NCCS)c1. The molecule has 0 spiro atoms. The fourth-order valence-corrected chi connectivity index (χ4v) is 2.00. The molecule has 0 atom stereocenters. The molecule has 134 valence electrons. The maximum absolute atomic E-state index is 12.8. The summed E-state index contributed by atoms with van der Waals surface area (Å²) in [4.78, 5) is 16.0. The number of nitrogens with one attached hydrogen (secondary N) is 1. The van der Waals surface area contributed by atoms with Gasteiger partial charge in [-0.3, -0.25) is 4.79 Å². The first-order chi connectivity index (χ1) is 11.8. The van der Waals surface area contributed by atoms with Crippen molar-refractivity contribution in [3.8, 4) is 17.4 Å². The van der Waals surface area contributed by atoms with Crippen LogP contribution in [0.1, 0.15) is 16.1 Å². The fourth-order valence-electron chi connectivity index (χ4n) is 1.88. The number of ether oxygens (including phenoxy) is 2. The smallest absolute Gasteiger partial charge is 0.416 e. The van der Waals surface area contributed by atoms with Crippen molar-refractivity contribution in [1.82, 2.24) is 10.3 Å². The first kappa shape index (κ1) is 18.9.